The lowest BCUT2D eigenvalue weighted by Crippen LogP contribution is -2.38. The Morgan fingerprint density at radius 2 is 1.60 bits per heavy atom. The number of anilines is 2. The standard InChI is InChI=1S/C23H32N4O3/c1-17(28)24-19-8-9-21(20(16-19)23(30)26-10-3-2-4-11-26)25-12-5-13-27(15-14-25)22(29)18-6-7-18/h8-9,16,18H,2-7,10-15H2,1H3,(H,24,28). The molecule has 1 aromatic carbocycles. The zero-order valence-corrected chi connectivity index (χ0v) is 17.9. The number of nitrogens with one attached hydrogen (secondary N) is 1. The molecule has 7 heteroatoms. The van der Waals surface area contributed by atoms with Crippen LogP contribution in [-0.2, 0) is 9.59 Å². The number of benzene rings is 1. The first-order chi connectivity index (χ1) is 14.5. The summed E-state index contributed by atoms with van der Waals surface area (Å²) in [4.78, 5) is 43.6. The lowest BCUT2D eigenvalue weighted by atomic mass is 10.1. The van der Waals surface area contributed by atoms with Crippen molar-refractivity contribution in [3.05, 3.63) is 23.8 Å². The van der Waals surface area contributed by atoms with Crippen molar-refractivity contribution in [2.24, 2.45) is 5.92 Å². The van der Waals surface area contributed by atoms with Crippen LogP contribution in [0.4, 0.5) is 11.4 Å². The number of hydrogen-bond donors (Lipinski definition) is 1. The number of carbonyl (C=O) groups excluding carboxylic acids is 3. The Labute approximate surface area is 178 Å². The summed E-state index contributed by atoms with van der Waals surface area (Å²) in [5.41, 5.74) is 2.19. The molecule has 0 bridgehead atoms. The van der Waals surface area contributed by atoms with Gasteiger partial charge in [-0.05, 0) is 56.7 Å². The lowest BCUT2D eigenvalue weighted by molar-refractivity contribution is -0.132. The highest BCUT2D eigenvalue weighted by molar-refractivity contribution is 6.02. The molecule has 1 aromatic rings. The average Bonchev–Trinajstić information content (AvgIpc) is 3.60. The molecule has 0 spiro atoms. The first-order valence-corrected chi connectivity index (χ1v) is 11.3. The Bertz CT molecular complexity index is 815. The van der Waals surface area contributed by atoms with Gasteiger partial charge in [-0.2, -0.15) is 0 Å². The zero-order valence-electron chi connectivity index (χ0n) is 17.9. The molecular formula is C23H32N4O3. The van der Waals surface area contributed by atoms with Crippen molar-refractivity contribution < 1.29 is 14.4 Å². The molecule has 3 fully saturated rings. The van der Waals surface area contributed by atoms with Crippen LogP contribution in [0.5, 0.6) is 0 Å². The number of nitrogens with zero attached hydrogens (tertiary/aromatic N) is 3. The number of amides is 3. The van der Waals surface area contributed by atoms with Crippen LogP contribution in [0.25, 0.3) is 0 Å². The average molecular weight is 413 g/mol. The van der Waals surface area contributed by atoms with Crippen LogP contribution in [0.15, 0.2) is 18.2 Å². The van der Waals surface area contributed by atoms with Crippen molar-refractivity contribution in [3.63, 3.8) is 0 Å². The van der Waals surface area contributed by atoms with E-state index >= 15 is 0 Å². The van der Waals surface area contributed by atoms with Crippen molar-refractivity contribution in [1.82, 2.24) is 9.80 Å². The third-order valence-electron chi connectivity index (χ3n) is 6.27. The number of hydrogen-bond acceptors (Lipinski definition) is 4. The smallest absolute Gasteiger partial charge is 0.256 e. The van der Waals surface area contributed by atoms with Crippen LogP contribution < -0.4 is 10.2 Å². The van der Waals surface area contributed by atoms with Gasteiger partial charge in [0, 0.05) is 63.5 Å². The predicted octanol–water partition coefficient (Wildman–Crippen LogP) is 2.72. The van der Waals surface area contributed by atoms with Gasteiger partial charge in [-0.15, -0.1) is 0 Å². The van der Waals surface area contributed by atoms with Gasteiger partial charge >= 0.3 is 0 Å². The van der Waals surface area contributed by atoms with Crippen molar-refractivity contribution >= 4 is 29.1 Å². The quantitative estimate of drug-likeness (QED) is 0.825. The minimum absolute atomic E-state index is 0.0343. The summed E-state index contributed by atoms with van der Waals surface area (Å²) in [7, 11) is 0. The fraction of sp³-hybridized carbons (Fsp3) is 0.609. The van der Waals surface area contributed by atoms with Crippen LogP contribution >= 0.6 is 0 Å². The van der Waals surface area contributed by atoms with E-state index in [1.165, 1.54) is 13.3 Å². The summed E-state index contributed by atoms with van der Waals surface area (Å²) in [5.74, 6) is 0.419. The van der Waals surface area contributed by atoms with Gasteiger partial charge < -0.3 is 20.0 Å². The summed E-state index contributed by atoms with van der Waals surface area (Å²) >= 11 is 0. The molecule has 2 aliphatic heterocycles. The zero-order chi connectivity index (χ0) is 21.1. The van der Waals surface area contributed by atoms with E-state index in [0.29, 0.717) is 23.7 Å². The lowest BCUT2D eigenvalue weighted by Gasteiger charge is -2.30. The first kappa shape index (κ1) is 20.7. The Balaban J connectivity index is 1.56. The summed E-state index contributed by atoms with van der Waals surface area (Å²) in [6.45, 7) is 6.05. The molecule has 162 valence electrons. The molecule has 0 unspecified atom stereocenters. The normalized spacial score (nSPS) is 20.0. The summed E-state index contributed by atoms with van der Waals surface area (Å²) < 4.78 is 0. The number of likely N-dealkylation sites (tertiary alicyclic amines) is 1. The Kier molecular flexibility index (Phi) is 6.25. The number of carbonyl (C=O) groups is 3. The van der Waals surface area contributed by atoms with E-state index in [-0.39, 0.29) is 17.7 Å². The molecule has 0 atom stereocenters. The largest absolute Gasteiger partial charge is 0.369 e. The minimum atomic E-state index is -0.150. The van der Waals surface area contributed by atoms with E-state index in [2.05, 4.69) is 10.2 Å². The third-order valence-corrected chi connectivity index (χ3v) is 6.27. The van der Waals surface area contributed by atoms with Gasteiger partial charge in [0.2, 0.25) is 11.8 Å². The molecule has 1 N–H and O–H groups in total. The molecule has 4 rings (SSSR count). The second kappa shape index (κ2) is 9.06. The highest BCUT2D eigenvalue weighted by Crippen LogP contribution is 2.32. The van der Waals surface area contributed by atoms with Crippen LogP contribution in [0.2, 0.25) is 0 Å². The Hall–Kier alpha value is -2.57. The molecule has 7 nitrogen and oxygen atoms in total. The first-order valence-electron chi connectivity index (χ1n) is 11.3. The van der Waals surface area contributed by atoms with Gasteiger partial charge in [-0.3, -0.25) is 14.4 Å². The molecule has 1 aliphatic carbocycles. The van der Waals surface area contributed by atoms with E-state index in [1.807, 2.05) is 28.0 Å². The van der Waals surface area contributed by atoms with E-state index < -0.39 is 0 Å². The van der Waals surface area contributed by atoms with Crippen LogP contribution in [0, 0.1) is 5.92 Å². The van der Waals surface area contributed by atoms with E-state index in [4.69, 9.17) is 0 Å². The Morgan fingerprint density at radius 3 is 2.30 bits per heavy atom. The summed E-state index contributed by atoms with van der Waals surface area (Å²) in [5, 5.41) is 2.81. The molecule has 2 heterocycles. The van der Waals surface area contributed by atoms with Crippen LogP contribution in [-0.4, -0.2) is 66.8 Å². The third kappa shape index (κ3) is 4.77. The maximum Gasteiger partial charge on any atom is 0.256 e. The SMILES string of the molecule is CC(=O)Nc1ccc(N2CCCN(C(=O)C3CC3)CC2)c(C(=O)N2CCCCC2)c1. The van der Waals surface area contributed by atoms with Crippen molar-refractivity contribution in [1.29, 1.82) is 0 Å². The van der Waals surface area contributed by atoms with Gasteiger partial charge in [0.25, 0.3) is 5.91 Å². The minimum Gasteiger partial charge on any atom is -0.369 e. The van der Waals surface area contributed by atoms with Crippen molar-refractivity contribution in [2.45, 2.75) is 45.4 Å². The molecule has 2 saturated heterocycles. The Morgan fingerprint density at radius 1 is 0.867 bits per heavy atom. The molecular weight excluding hydrogens is 380 g/mol. The van der Waals surface area contributed by atoms with Crippen molar-refractivity contribution in [3.8, 4) is 0 Å². The number of piperidine rings is 1. The van der Waals surface area contributed by atoms with Gasteiger partial charge in [-0.25, -0.2) is 0 Å². The van der Waals surface area contributed by atoms with Crippen LogP contribution in [0.1, 0.15) is 55.8 Å². The van der Waals surface area contributed by atoms with E-state index in [9.17, 15) is 14.4 Å². The fourth-order valence-electron chi connectivity index (χ4n) is 4.50. The molecule has 0 aromatic heterocycles. The van der Waals surface area contributed by atoms with Gasteiger partial charge in [0.1, 0.15) is 0 Å². The fourth-order valence-corrected chi connectivity index (χ4v) is 4.50. The van der Waals surface area contributed by atoms with E-state index in [1.54, 1.807) is 0 Å². The van der Waals surface area contributed by atoms with Crippen LogP contribution in [0.3, 0.4) is 0 Å². The monoisotopic (exact) mass is 412 g/mol. The van der Waals surface area contributed by atoms with Gasteiger partial charge in [0.15, 0.2) is 0 Å². The van der Waals surface area contributed by atoms with Crippen molar-refractivity contribution in [2.75, 3.05) is 49.5 Å². The molecule has 3 aliphatic rings. The molecule has 3 amide bonds. The maximum absolute atomic E-state index is 13.4. The number of rotatable bonds is 4. The summed E-state index contributed by atoms with van der Waals surface area (Å²) in [6.07, 6.45) is 6.18. The van der Waals surface area contributed by atoms with Gasteiger partial charge in [-0.1, -0.05) is 0 Å². The molecule has 30 heavy (non-hydrogen) atoms. The second-order valence-corrected chi connectivity index (χ2v) is 8.71. The molecule has 0 radical (unpaired) electrons. The molecule has 1 saturated carbocycles. The highest BCUT2D eigenvalue weighted by atomic mass is 16.2. The van der Waals surface area contributed by atoms with Gasteiger partial charge in [0.05, 0.1) is 5.56 Å². The highest BCUT2D eigenvalue weighted by Gasteiger charge is 2.34. The summed E-state index contributed by atoms with van der Waals surface area (Å²) in [6, 6.07) is 5.62. The maximum atomic E-state index is 13.4. The van der Waals surface area contributed by atoms with E-state index in [0.717, 1.165) is 70.5 Å². The topological polar surface area (TPSA) is 73.0 Å². The predicted molar refractivity (Wildman–Crippen MR) is 117 cm³/mol. The second-order valence-electron chi connectivity index (χ2n) is 8.71.